The van der Waals surface area contributed by atoms with Gasteiger partial charge in [-0.05, 0) is 17.7 Å². The van der Waals surface area contributed by atoms with Crippen LogP contribution in [0.2, 0.25) is 5.02 Å². The normalized spacial score (nSPS) is 9.44. The molecule has 1 aromatic rings. The summed E-state index contributed by atoms with van der Waals surface area (Å²) in [4.78, 5) is 3.70. The zero-order chi connectivity index (χ0) is 6.85. The molecule has 0 amide bonds. The predicted molar refractivity (Wildman–Crippen MR) is 39.0 cm³/mol. The van der Waals surface area contributed by atoms with Gasteiger partial charge in [0.15, 0.2) is 0 Å². The van der Waals surface area contributed by atoms with Gasteiger partial charge in [-0.1, -0.05) is 11.6 Å². The first-order valence-electron chi connectivity index (χ1n) is 2.37. The highest BCUT2D eigenvalue weighted by atomic mass is 35.5. The third kappa shape index (κ3) is 1.36. The molecule has 0 aliphatic heterocycles. The number of anilines is 1. The van der Waals surface area contributed by atoms with Gasteiger partial charge < -0.3 is 5.73 Å². The Hall–Kier alpha value is -0.695. The van der Waals surface area contributed by atoms with Crippen molar-refractivity contribution >= 4 is 30.9 Å². The maximum atomic E-state index is 5.54. The Morgan fingerprint density at radius 1 is 1.56 bits per heavy atom. The van der Waals surface area contributed by atoms with Crippen LogP contribution < -0.4 is 11.3 Å². The lowest BCUT2D eigenvalue weighted by molar-refractivity contribution is 1.39. The van der Waals surface area contributed by atoms with Gasteiger partial charge in [-0.2, -0.15) is 0 Å². The van der Waals surface area contributed by atoms with Crippen LogP contribution in [0.3, 0.4) is 0 Å². The van der Waals surface area contributed by atoms with Gasteiger partial charge >= 0.3 is 0 Å². The fourth-order valence-corrected chi connectivity index (χ4v) is 0.579. The third-order valence-electron chi connectivity index (χ3n) is 0.895. The van der Waals surface area contributed by atoms with E-state index in [0.717, 1.165) is 0 Å². The molecular weight excluding hydrogens is 134 g/mol. The van der Waals surface area contributed by atoms with Gasteiger partial charge in [0.1, 0.15) is 13.7 Å². The van der Waals surface area contributed by atoms with Gasteiger partial charge in [-0.15, -0.1) is 0 Å². The first-order chi connectivity index (χ1) is 4.20. The van der Waals surface area contributed by atoms with Crippen molar-refractivity contribution in [3.05, 3.63) is 17.2 Å². The van der Waals surface area contributed by atoms with E-state index < -0.39 is 0 Å². The molecule has 9 heavy (non-hydrogen) atoms. The SMILES string of the molecule is [B]c1ccc(Cl)c(N)n1. The van der Waals surface area contributed by atoms with Crippen molar-refractivity contribution in [2.75, 3.05) is 5.73 Å². The van der Waals surface area contributed by atoms with E-state index in [-0.39, 0.29) is 5.82 Å². The monoisotopic (exact) mass is 138 g/mol. The summed E-state index contributed by atoms with van der Waals surface area (Å²) in [5.41, 5.74) is 5.68. The van der Waals surface area contributed by atoms with Crippen molar-refractivity contribution in [2.45, 2.75) is 0 Å². The molecule has 2 nitrogen and oxygen atoms in total. The van der Waals surface area contributed by atoms with Crippen molar-refractivity contribution in [3.63, 3.8) is 0 Å². The van der Waals surface area contributed by atoms with Crippen LogP contribution in [-0.4, -0.2) is 12.8 Å². The molecule has 0 fully saturated rings. The Morgan fingerprint density at radius 2 is 2.22 bits per heavy atom. The summed E-state index contributed by atoms with van der Waals surface area (Å²) >= 11 is 5.54. The van der Waals surface area contributed by atoms with Gasteiger partial charge in [-0.3, -0.25) is 0 Å². The summed E-state index contributed by atoms with van der Waals surface area (Å²) in [7, 11) is 5.28. The minimum atomic E-state index is 0.275. The highest BCUT2D eigenvalue weighted by Gasteiger charge is 1.93. The summed E-state index contributed by atoms with van der Waals surface area (Å²) in [5.74, 6) is 0.275. The molecule has 0 aliphatic rings. The van der Waals surface area contributed by atoms with Crippen LogP contribution in [0.1, 0.15) is 0 Å². The largest absolute Gasteiger partial charge is 0.382 e. The molecule has 0 atom stereocenters. The molecule has 0 saturated heterocycles. The predicted octanol–water partition coefficient (Wildman–Crippen LogP) is 0.111. The average molecular weight is 138 g/mol. The van der Waals surface area contributed by atoms with Crippen LogP contribution in [0.15, 0.2) is 12.1 Å². The van der Waals surface area contributed by atoms with Crippen molar-refractivity contribution in [3.8, 4) is 0 Å². The number of aromatic nitrogens is 1. The van der Waals surface area contributed by atoms with Gasteiger partial charge in [0.2, 0.25) is 0 Å². The van der Waals surface area contributed by atoms with Gasteiger partial charge in [0.05, 0.1) is 5.02 Å². The summed E-state index contributed by atoms with van der Waals surface area (Å²) in [5, 5.41) is 0.434. The molecule has 0 aliphatic carbocycles. The summed E-state index contributed by atoms with van der Waals surface area (Å²) in [6.07, 6.45) is 0. The van der Waals surface area contributed by atoms with Crippen LogP contribution in [0.5, 0.6) is 0 Å². The van der Waals surface area contributed by atoms with E-state index in [0.29, 0.717) is 10.6 Å². The number of halogens is 1. The molecule has 2 radical (unpaired) electrons. The molecule has 1 aromatic heterocycles. The van der Waals surface area contributed by atoms with E-state index in [9.17, 15) is 0 Å². The number of nitrogen functional groups attached to an aromatic ring is 1. The molecule has 0 aromatic carbocycles. The van der Waals surface area contributed by atoms with E-state index in [4.69, 9.17) is 25.2 Å². The molecule has 2 N–H and O–H groups in total. The molecule has 0 unspecified atom stereocenters. The second-order valence-electron chi connectivity index (χ2n) is 1.60. The number of nitrogens with zero attached hydrogens (tertiary/aromatic N) is 1. The lowest BCUT2D eigenvalue weighted by atomic mass is 10.0. The molecule has 0 bridgehead atoms. The third-order valence-corrected chi connectivity index (χ3v) is 1.21. The summed E-state index contributed by atoms with van der Waals surface area (Å²) in [6, 6.07) is 3.21. The van der Waals surface area contributed by atoms with Crippen molar-refractivity contribution in [1.29, 1.82) is 0 Å². The number of rotatable bonds is 0. The zero-order valence-corrected chi connectivity index (χ0v) is 5.39. The molecule has 1 heterocycles. The van der Waals surface area contributed by atoms with E-state index in [2.05, 4.69) is 4.98 Å². The zero-order valence-electron chi connectivity index (χ0n) is 4.63. The number of pyridine rings is 1. The van der Waals surface area contributed by atoms with Crippen LogP contribution in [0.4, 0.5) is 5.82 Å². The number of hydrogen-bond donors (Lipinski definition) is 1. The summed E-state index contributed by atoms with van der Waals surface area (Å²) in [6.45, 7) is 0. The van der Waals surface area contributed by atoms with E-state index in [1.54, 1.807) is 12.1 Å². The quantitative estimate of drug-likeness (QED) is 0.517. The van der Waals surface area contributed by atoms with E-state index >= 15 is 0 Å². The molecule has 44 valence electrons. The molecule has 1 rings (SSSR count). The Morgan fingerprint density at radius 3 is 2.67 bits per heavy atom. The summed E-state index contributed by atoms with van der Waals surface area (Å²) < 4.78 is 0. The fraction of sp³-hybridized carbons (Fsp3) is 0. The van der Waals surface area contributed by atoms with Crippen LogP contribution >= 0.6 is 11.6 Å². The molecule has 0 saturated carbocycles. The van der Waals surface area contributed by atoms with E-state index in [1.807, 2.05) is 0 Å². The Balaban J connectivity index is 3.17. The molecular formula is C5H4BClN2. The Kier molecular flexibility index (Phi) is 1.62. The average Bonchev–Trinajstić information content (AvgIpc) is 1.80. The second kappa shape index (κ2) is 2.27. The lowest BCUT2D eigenvalue weighted by Crippen LogP contribution is -2.09. The first-order valence-corrected chi connectivity index (χ1v) is 2.75. The van der Waals surface area contributed by atoms with Crippen molar-refractivity contribution in [2.24, 2.45) is 0 Å². The topological polar surface area (TPSA) is 38.9 Å². The van der Waals surface area contributed by atoms with Gasteiger partial charge in [0.25, 0.3) is 0 Å². The van der Waals surface area contributed by atoms with E-state index in [1.165, 1.54) is 0 Å². The maximum absolute atomic E-state index is 5.54. The smallest absolute Gasteiger partial charge is 0.141 e. The highest BCUT2D eigenvalue weighted by molar-refractivity contribution is 6.34. The van der Waals surface area contributed by atoms with Gasteiger partial charge in [-0.25, -0.2) is 4.98 Å². The highest BCUT2D eigenvalue weighted by Crippen LogP contribution is 2.11. The van der Waals surface area contributed by atoms with Crippen LogP contribution in [-0.2, 0) is 0 Å². The number of nitrogens with two attached hydrogens (primary N) is 1. The molecule has 0 spiro atoms. The Labute approximate surface area is 59.4 Å². The first kappa shape index (κ1) is 6.43. The molecule has 4 heteroatoms. The lowest BCUT2D eigenvalue weighted by Gasteiger charge is -1.95. The maximum Gasteiger partial charge on any atom is 0.141 e. The Bertz CT molecular complexity index is 226. The van der Waals surface area contributed by atoms with Crippen LogP contribution in [0, 0.1) is 0 Å². The number of hydrogen-bond acceptors (Lipinski definition) is 2. The minimum Gasteiger partial charge on any atom is -0.382 e. The van der Waals surface area contributed by atoms with Crippen molar-refractivity contribution < 1.29 is 0 Å². The van der Waals surface area contributed by atoms with Gasteiger partial charge in [0, 0.05) is 0 Å². The minimum absolute atomic E-state index is 0.275. The second-order valence-corrected chi connectivity index (χ2v) is 2.01. The van der Waals surface area contributed by atoms with Crippen LogP contribution in [0.25, 0.3) is 0 Å². The standard InChI is InChI=1S/C5H4BClN2/c6-4-2-1-3(7)5(8)9-4/h1-2H,(H2,8,9). The fourth-order valence-electron chi connectivity index (χ4n) is 0.474. The van der Waals surface area contributed by atoms with Crippen molar-refractivity contribution in [1.82, 2.24) is 4.98 Å².